The molecule has 0 fully saturated rings. The molecule has 0 radical (unpaired) electrons. The fourth-order valence-electron chi connectivity index (χ4n) is 3.22. The first-order valence-electron chi connectivity index (χ1n) is 8.54. The smallest absolute Gasteiger partial charge is 0.137 e. The summed E-state index contributed by atoms with van der Waals surface area (Å²) in [5.41, 5.74) is 2.11. The number of hydrogen-bond acceptors (Lipinski definition) is 4. The van der Waals surface area contributed by atoms with E-state index >= 15 is 0 Å². The summed E-state index contributed by atoms with van der Waals surface area (Å²) in [7, 11) is 0. The monoisotopic (exact) mass is 374 g/mol. The summed E-state index contributed by atoms with van der Waals surface area (Å²) in [6, 6.07) is 22.0. The second kappa shape index (κ2) is 6.89. The standard InChI is InChI=1S/C23H18O3S/c1-14-11-19(23(26)21(12-14)27-17-5-3-2-4-6-17)22-18-9-8-16(24)13-15(18)7-10-20(22)25/h2-13,24-26H,1H3. The maximum atomic E-state index is 11.0. The fourth-order valence-corrected chi connectivity index (χ4v) is 4.22. The third-order valence-electron chi connectivity index (χ3n) is 4.44. The Morgan fingerprint density at radius 3 is 2.33 bits per heavy atom. The van der Waals surface area contributed by atoms with Gasteiger partial charge in [-0.2, -0.15) is 0 Å². The van der Waals surface area contributed by atoms with E-state index in [0.717, 1.165) is 26.1 Å². The van der Waals surface area contributed by atoms with Gasteiger partial charge in [0.1, 0.15) is 17.2 Å². The zero-order chi connectivity index (χ0) is 19.0. The van der Waals surface area contributed by atoms with Crippen LogP contribution in [0.4, 0.5) is 0 Å². The van der Waals surface area contributed by atoms with Crippen molar-refractivity contribution >= 4 is 22.5 Å². The predicted octanol–water partition coefficient (Wildman–Crippen LogP) is 6.08. The lowest BCUT2D eigenvalue weighted by molar-refractivity contribution is 0.460. The van der Waals surface area contributed by atoms with Gasteiger partial charge in [0.2, 0.25) is 0 Å². The van der Waals surface area contributed by atoms with E-state index in [1.165, 1.54) is 11.8 Å². The molecule has 0 saturated carbocycles. The van der Waals surface area contributed by atoms with E-state index in [4.69, 9.17) is 0 Å². The topological polar surface area (TPSA) is 60.7 Å². The average Bonchev–Trinajstić information content (AvgIpc) is 2.66. The Morgan fingerprint density at radius 2 is 1.56 bits per heavy atom. The zero-order valence-electron chi connectivity index (χ0n) is 14.7. The Morgan fingerprint density at radius 1 is 0.778 bits per heavy atom. The molecule has 0 aliphatic heterocycles. The van der Waals surface area contributed by atoms with Crippen molar-refractivity contribution in [3.63, 3.8) is 0 Å². The molecule has 0 aromatic heterocycles. The lowest BCUT2D eigenvalue weighted by atomic mass is 9.95. The van der Waals surface area contributed by atoms with Gasteiger partial charge in [-0.05, 0) is 71.8 Å². The summed E-state index contributed by atoms with van der Waals surface area (Å²) >= 11 is 1.48. The fraction of sp³-hybridized carbons (Fsp3) is 0.0435. The number of rotatable bonds is 3. The van der Waals surface area contributed by atoms with Gasteiger partial charge in [-0.15, -0.1) is 0 Å². The highest BCUT2D eigenvalue weighted by atomic mass is 32.2. The maximum Gasteiger partial charge on any atom is 0.137 e. The molecular formula is C23H18O3S. The SMILES string of the molecule is Cc1cc(Sc2ccccc2)c(O)c(-c2c(O)ccc3cc(O)ccc23)c1. The molecule has 4 aromatic rings. The molecule has 0 saturated heterocycles. The minimum absolute atomic E-state index is 0.0877. The van der Waals surface area contributed by atoms with Gasteiger partial charge in [0.05, 0.1) is 4.90 Å². The van der Waals surface area contributed by atoms with Crippen molar-refractivity contribution < 1.29 is 15.3 Å². The summed E-state index contributed by atoms with van der Waals surface area (Å²) in [6.07, 6.45) is 0. The van der Waals surface area contributed by atoms with Crippen LogP contribution in [0.2, 0.25) is 0 Å². The third-order valence-corrected chi connectivity index (χ3v) is 5.48. The highest BCUT2D eigenvalue weighted by Crippen LogP contribution is 2.46. The van der Waals surface area contributed by atoms with Crippen LogP contribution < -0.4 is 0 Å². The van der Waals surface area contributed by atoms with Crippen molar-refractivity contribution in [3.05, 3.63) is 78.4 Å². The van der Waals surface area contributed by atoms with E-state index < -0.39 is 0 Å². The van der Waals surface area contributed by atoms with Crippen LogP contribution in [-0.2, 0) is 0 Å². The van der Waals surface area contributed by atoms with Gasteiger partial charge in [-0.25, -0.2) is 0 Å². The molecule has 0 atom stereocenters. The molecule has 134 valence electrons. The number of phenols is 3. The van der Waals surface area contributed by atoms with E-state index in [-0.39, 0.29) is 17.2 Å². The minimum atomic E-state index is 0.0877. The molecule has 0 aliphatic carbocycles. The van der Waals surface area contributed by atoms with Crippen LogP contribution in [0, 0.1) is 6.92 Å². The molecule has 0 unspecified atom stereocenters. The number of phenolic OH excluding ortho intramolecular Hbond substituents is 3. The number of aromatic hydroxyl groups is 3. The summed E-state index contributed by atoms with van der Waals surface area (Å²) in [5.74, 6) is 0.378. The van der Waals surface area contributed by atoms with Gasteiger partial charge in [0.25, 0.3) is 0 Å². The van der Waals surface area contributed by atoms with Crippen LogP contribution in [0.5, 0.6) is 17.2 Å². The van der Waals surface area contributed by atoms with Gasteiger partial charge in [0.15, 0.2) is 0 Å². The molecule has 0 heterocycles. The van der Waals surface area contributed by atoms with Gasteiger partial charge in [0, 0.05) is 16.0 Å². The Bertz CT molecular complexity index is 1140. The first kappa shape index (κ1) is 17.3. The number of hydrogen-bond donors (Lipinski definition) is 3. The van der Waals surface area contributed by atoms with Gasteiger partial charge >= 0.3 is 0 Å². The van der Waals surface area contributed by atoms with Crippen molar-refractivity contribution in [2.45, 2.75) is 16.7 Å². The molecule has 27 heavy (non-hydrogen) atoms. The number of benzene rings is 4. The highest BCUT2D eigenvalue weighted by molar-refractivity contribution is 7.99. The molecule has 3 nitrogen and oxygen atoms in total. The Labute approximate surface area is 161 Å². The molecule has 0 amide bonds. The van der Waals surface area contributed by atoms with Crippen LogP contribution in [0.3, 0.4) is 0 Å². The average molecular weight is 374 g/mol. The van der Waals surface area contributed by atoms with E-state index in [1.807, 2.05) is 49.4 Å². The van der Waals surface area contributed by atoms with Crippen LogP contribution >= 0.6 is 11.8 Å². The van der Waals surface area contributed by atoms with Gasteiger partial charge in [-0.3, -0.25) is 0 Å². The second-order valence-corrected chi connectivity index (χ2v) is 7.55. The lowest BCUT2D eigenvalue weighted by Gasteiger charge is -2.15. The first-order chi connectivity index (χ1) is 13.0. The summed E-state index contributed by atoms with van der Waals surface area (Å²) < 4.78 is 0. The quantitative estimate of drug-likeness (QED) is 0.406. The van der Waals surface area contributed by atoms with Crippen molar-refractivity contribution in [3.8, 4) is 28.4 Å². The zero-order valence-corrected chi connectivity index (χ0v) is 15.5. The molecule has 4 aromatic carbocycles. The molecule has 4 rings (SSSR count). The van der Waals surface area contributed by atoms with Crippen LogP contribution in [-0.4, -0.2) is 15.3 Å². The lowest BCUT2D eigenvalue weighted by Crippen LogP contribution is -1.88. The van der Waals surface area contributed by atoms with E-state index in [1.54, 1.807) is 30.3 Å². The Hall–Kier alpha value is -3.11. The highest BCUT2D eigenvalue weighted by Gasteiger charge is 2.17. The molecule has 0 aliphatic rings. The normalized spacial score (nSPS) is 11.0. The van der Waals surface area contributed by atoms with Gasteiger partial charge in [-0.1, -0.05) is 36.0 Å². The third kappa shape index (κ3) is 3.32. The summed E-state index contributed by atoms with van der Waals surface area (Å²) in [6.45, 7) is 1.96. The summed E-state index contributed by atoms with van der Waals surface area (Å²) in [4.78, 5) is 1.75. The van der Waals surface area contributed by atoms with Crippen molar-refractivity contribution in [2.24, 2.45) is 0 Å². The van der Waals surface area contributed by atoms with Gasteiger partial charge < -0.3 is 15.3 Å². The Kier molecular flexibility index (Phi) is 4.42. The van der Waals surface area contributed by atoms with Crippen molar-refractivity contribution in [1.82, 2.24) is 0 Å². The molecular weight excluding hydrogens is 356 g/mol. The molecule has 0 spiro atoms. The summed E-state index contributed by atoms with van der Waals surface area (Å²) in [5, 5.41) is 32.8. The predicted molar refractivity (Wildman–Crippen MR) is 110 cm³/mol. The first-order valence-corrected chi connectivity index (χ1v) is 9.36. The second-order valence-electron chi connectivity index (χ2n) is 6.44. The number of fused-ring (bicyclic) bond motifs is 1. The van der Waals surface area contributed by atoms with E-state index in [9.17, 15) is 15.3 Å². The number of aryl methyl sites for hydroxylation is 1. The van der Waals surface area contributed by atoms with Crippen molar-refractivity contribution in [1.29, 1.82) is 0 Å². The van der Waals surface area contributed by atoms with Crippen LogP contribution in [0.15, 0.2) is 82.6 Å². The van der Waals surface area contributed by atoms with Crippen molar-refractivity contribution in [2.75, 3.05) is 0 Å². The molecule has 4 heteroatoms. The van der Waals surface area contributed by atoms with Crippen LogP contribution in [0.1, 0.15) is 5.56 Å². The van der Waals surface area contributed by atoms with E-state index in [2.05, 4.69) is 0 Å². The maximum absolute atomic E-state index is 11.0. The molecule has 0 bridgehead atoms. The van der Waals surface area contributed by atoms with E-state index in [0.29, 0.717) is 11.1 Å². The Balaban J connectivity index is 1.93. The minimum Gasteiger partial charge on any atom is -0.508 e. The van der Waals surface area contributed by atoms with Crippen LogP contribution in [0.25, 0.3) is 21.9 Å². The molecule has 3 N–H and O–H groups in total. The largest absolute Gasteiger partial charge is 0.508 e.